The Labute approximate surface area is 273 Å². The Kier molecular flexibility index (Phi) is 10.4. The predicted octanol–water partition coefficient (Wildman–Crippen LogP) is 2.28. The van der Waals surface area contributed by atoms with Gasteiger partial charge in [-0.2, -0.15) is 25.3 Å². The van der Waals surface area contributed by atoms with Crippen molar-refractivity contribution in [2.75, 3.05) is 12.3 Å². The van der Waals surface area contributed by atoms with E-state index in [1.54, 1.807) is 12.1 Å². The van der Waals surface area contributed by atoms with Crippen molar-refractivity contribution in [1.29, 1.82) is 0 Å². The fourth-order valence-electron chi connectivity index (χ4n) is 5.34. The summed E-state index contributed by atoms with van der Waals surface area (Å²) in [5.41, 5.74) is 1.18. The van der Waals surface area contributed by atoms with Crippen LogP contribution >= 0.6 is 11.8 Å². The minimum atomic E-state index is -4.85. The average Bonchev–Trinajstić information content (AvgIpc) is 3.67. The second-order valence-electron chi connectivity index (χ2n) is 11.2. The third-order valence-electron chi connectivity index (χ3n) is 7.83. The third kappa shape index (κ3) is 8.44. The summed E-state index contributed by atoms with van der Waals surface area (Å²) < 4.78 is 31.6. The number of phenols is 1. The van der Waals surface area contributed by atoms with E-state index in [1.165, 1.54) is 30.3 Å². The van der Waals surface area contributed by atoms with Crippen LogP contribution in [0.1, 0.15) is 48.0 Å². The van der Waals surface area contributed by atoms with Crippen LogP contribution in [0.4, 0.5) is 16.2 Å². The first-order chi connectivity index (χ1) is 22.4. The van der Waals surface area contributed by atoms with E-state index in [1.807, 2.05) is 11.8 Å². The number of aromatic hydroxyl groups is 1. The number of hydrogen-bond donors (Lipinski definition) is 5. The number of carbonyl (C=O) groups excluding carboxylic acids is 5. The highest BCUT2D eigenvalue weighted by atomic mass is 32.2. The molecule has 3 heterocycles. The van der Waals surface area contributed by atoms with E-state index in [0.717, 1.165) is 30.6 Å². The monoisotopic (exact) mass is 688 g/mol. The number of imide groups is 1. The Morgan fingerprint density at radius 2 is 1.83 bits per heavy atom. The van der Waals surface area contributed by atoms with Crippen molar-refractivity contribution >= 4 is 63.0 Å². The number of rotatable bonds is 13. The molecule has 2 aromatic rings. The van der Waals surface area contributed by atoms with Gasteiger partial charge in [0.05, 0.1) is 29.8 Å². The third-order valence-corrected chi connectivity index (χ3v) is 10.4. The molecule has 3 aliphatic rings. The molecule has 2 aromatic carbocycles. The average molecular weight is 689 g/mol. The molecule has 1 unspecified atom stereocenters. The van der Waals surface area contributed by atoms with E-state index in [0.29, 0.717) is 24.6 Å². The number of azo groups is 1. The number of benzene rings is 2. The molecular formula is C29H32N6O10S2. The first-order valence-corrected chi connectivity index (χ1v) is 17.3. The lowest BCUT2D eigenvalue weighted by Crippen LogP contribution is -2.36. The maximum Gasteiger partial charge on any atom is 0.363 e. The molecule has 3 saturated heterocycles. The second kappa shape index (κ2) is 14.5. The topological polar surface area (TPSA) is 233 Å². The van der Waals surface area contributed by atoms with Gasteiger partial charge in [-0.05, 0) is 61.2 Å². The molecule has 0 aliphatic carbocycles. The van der Waals surface area contributed by atoms with Gasteiger partial charge in [0.1, 0.15) is 11.4 Å². The van der Waals surface area contributed by atoms with Crippen LogP contribution in [0.15, 0.2) is 52.7 Å². The van der Waals surface area contributed by atoms with Crippen LogP contribution in [0.3, 0.4) is 0 Å². The van der Waals surface area contributed by atoms with Gasteiger partial charge in [0.2, 0.25) is 5.91 Å². The number of nitrogens with zero attached hydrogens (tertiary/aromatic N) is 3. The zero-order valence-electron chi connectivity index (χ0n) is 24.8. The van der Waals surface area contributed by atoms with Crippen LogP contribution in [0.2, 0.25) is 0 Å². The normalized spacial score (nSPS) is 22.3. The molecular weight excluding hydrogens is 656 g/mol. The summed E-state index contributed by atoms with van der Waals surface area (Å²) in [6.07, 6.45) is 2.63. The molecule has 5 N–H and O–H groups in total. The Balaban J connectivity index is 1.05. The molecule has 0 aromatic heterocycles. The first kappa shape index (κ1) is 33.8. The molecule has 5 rings (SSSR count). The van der Waals surface area contributed by atoms with Crippen LogP contribution in [0.5, 0.6) is 5.75 Å². The molecule has 5 amide bonds. The Morgan fingerprint density at radius 1 is 1.06 bits per heavy atom. The van der Waals surface area contributed by atoms with Gasteiger partial charge in [0.25, 0.3) is 21.9 Å². The summed E-state index contributed by atoms with van der Waals surface area (Å²) in [5.74, 6) is -2.85. The molecule has 0 bridgehead atoms. The number of fused-ring (bicyclic) bond motifs is 1. The molecule has 4 atom stereocenters. The van der Waals surface area contributed by atoms with Gasteiger partial charge in [-0.1, -0.05) is 12.5 Å². The van der Waals surface area contributed by atoms with Gasteiger partial charge in [0.15, 0.2) is 5.25 Å². The number of urea groups is 1. The van der Waals surface area contributed by atoms with E-state index in [4.69, 9.17) is 9.39 Å². The highest BCUT2D eigenvalue weighted by Gasteiger charge is 2.48. The van der Waals surface area contributed by atoms with Crippen molar-refractivity contribution in [3.05, 3.63) is 53.6 Å². The first-order valence-electron chi connectivity index (χ1n) is 14.7. The Morgan fingerprint density at radius 3 is 2.55 bits per heavy atom. The summed E-state index contributed by atoms with van der Waals surface area (Å²) in [7, 11) is -4.85. The number of hydroxylamine groups is 2. The van der Waals surface area contributed by atoms with Crippen LogP contribution in [0, 0.1) is 0 Å². The highest BCUT2D eigenvalue weighted by Crippen LogP contribution is 2.33. The second-order valence-corrected chi connectivity index (χ2v) is 14.0. The predicted molar refractivity (Wildman–Crippen MR) is 167 cm³/mol. The number of phenolic OH excluding ortho intramolecular Hbond substituents is 1. The number of hydrogen-bond acceptors (Lipinski definition) is 12. The lowest BCUT2D eigenvalue weighted by Gasteiger charge is -2.16. The fraction of sp³-hybridized carbons (Fsp3) is 0.414. The van der Waals surface area contributed by atoms with Crippen LogP contribution in [-0.2, 0) is 35.8 Å². The summed E-state index contributed by atoms with van der Waals surface area (Å²) in [5, 5.41) is 25.5. The molecule has 18 heteroatoms. The number of thioether (sulfide) groups is 1. The van der Waals surface area contributed by atoms with Gasteiger partial charge in [-0.15, -0.1) is 10.2 Å². The largest absolute Gasteiger partial charge is 0.506 e. The lowest BCUT2D eigenvalue weighted by molar-refractivity contribution is -0.172. The zero-order chi connectivity index (χ0) is 33.7. The molecule has 0 spiro atoms. The lowest BCUT2D eigenvalue weighted by atomic mass is 10.0. The van der Waals surface area contributed by atoms with Gasteiger partial charge in [-0.25, -0.2) is 9.59 Å². The van der Waals surface area contributed by atoms with Gasteiger partial charge < -0.3 is 25.9 Å². The van der Waals surface area contributed by atoms with Crippen molar-refractivity contribution in [3.63, 3.8) is 0 Å². The number of unbranched alkanes of at least 4 members (excludes halogenated alkanes) is 1. The van der Waals surface area contributed by atoms with Gasteiger partial charge >= 0.3 is 12.0 Å². The van der Waals surface area contributed by atoms with Crippen LogP contribution in [-0.4, -0.2) is 87.7 Å². The van der Waals surface area contributed by atoms with Crippen molar-refractivity contribution < 1.29 is 46.9 Å². The molecule has 0 radical (unpaired) electrons. The Hall–Kier alpha value is -4.55. The van der Waals surface area contributed by atoms with Crippen molar-refractivity contribution in [3.8, 4) is 5.75 Å². The minimum absolute atomic E-state index is 0.0121. The van der Waals surface area contributed by atoms with E-state index in [-0.39, 0.29) is 51.8 Å². The SMILES string of the molecule is O=C(CCCC[C@@H]1SC[C@@H]2NC(=O)N[C@@H]21)NCCc1ccc(O)c(N=Nc2ccc(C(=O)ON3C(=O)CC(S(=O)(=O)O)C3=O)cc2)c1. The summed E-state index contributed by atoms with van der Waals surface area (Å²) in [6, 6.07) is 10.4. The molecule has 3 fully saturated rings. The van der Waals surface area contributed by atoms with E-state index >= 15 is 0 Å². The highest BCUT2D eigenvalue weighted by molar-refractivity contribution is 8.00. The molecule has 0 saturated carbocycles. The Bertz CT molecular complexity index is 1700. The van der Waals surface area contributed by atoms with E-state index < -0.39 is 39.6 Å². The van der Waals surface area contributed by atoms with Crippen molar-refractivity contribution in [2.45, 2.75) is 61.1 Å². The summed E-state index contributed by atoms with van der Waals surface area (Å²) in [4.78, 5) is 65.0. The maximum absolute atomic E-state index is 12.4. The standard InChI is InChI=1S/C29H32N6O10S2/c36-21-10-5-16(11-12-30-24(37)4-2-1-3-22-26-20(15-46-22)31-29(41)32-26)13-19(21)34-33-18-8-6-17(7-9-18)28(40)45-35-25(38)14-23(27(35)39)47(42,43)44/h5-10,13,20,22-23,26,36H,1-4,11-12,14-15H2,(H,30,37)(H2,31,32,41)(H,42,43,44)/t20-,22-,23?,26-/m0/s1. The van der Waals surface area contributed by atoms with E-state index in [9.17, 15) is 37.5 Å². The van der Waals surface area contributed by atoms with Crippen molar-refractivity contribution in [1.82, 2.24) is 21.0 Å². The number of nitrogens with one attached hydrogen (secondary N) is 3. The number of carbonyl (C=O) groups is 5. The van der Waals surface area contributed by atoms with E-state index in [2.05, 4.69) is 26.2 Å². The summed E-state index contributed by atoms with van der Waals surface area (Å²) >= 11 is 1.85. The zero-order valence-corrected chi connectivity index (χ0v) is 26.5. The molecule has 16 nitrogen and oxygen atoms in total. The molecule has 47 heavy (non-hydrogen) atoms. The smallest absolute Gasteiger partial charge is 0.363 e. The molecule has 3 aliphatic heterocycles. The minimum Gasteiger partial charge on any atom is -0.506 e. The number of amides is 5. The van der Waals surface area contributed by atoms with Crippen LogP contribution in [0.25, 0.3) is 0 Å². The quantitative estimate of drug-likeness (QED) is 0.0673. The fourth-order valence-corrected chi connectivity index (χ4v) is 7.58. The molecule has 250 valence electrons. The van der Waals surface area contributed by atoms with Crippen molar-refractivity contribution in [2.24, 2.45) is 10.2 Å². The van der Waals surface area contributed by atoms with Gasteiger partial charge in [0, 0.05) is 24.0 Å². The van der Waals surface area contributed by atoms with Gasteiger partial charge in [-0.3, -0.25) is 18.9 Å². The van der Waals surface area contributed by atoms with Crippen LogP contribution < -0.4 is 16.0 Å². The summed E-state index contributed by atoms with van der Waals surface area (Å²) in [6.45, 7) is 0.392. The maximum atomic E-state index is 12.4.